The zero-order chi connectivity index (χ0) is 13.5. The normalized spacial score (nSPS) is 12.1. The molecule has 0 radical (unpaired) electrons. The molecular weight excluding hydrogens is 258 g/mol. The minimum Gasteiger partial charge on any atom is -0.494 e. The summed E-state index contributed by atoms with van der Waals surface area (Å²) in [5, 5.41) is 0.719. The van der Waals surface area contributed by atoms with E-state index >= 15 is 0 Å². The summed E-state index contributed by atoms with van der Waals surface area (Å²) in [5.74, 6) is 1.18. The molecule has 0 aromatic heterocycles. The lowest BCUT2D eigenvalue weighted by atomic mass is 9.96. The maximum atomic E-state index is 5.83. The average molecular weight is 276 g/mol. The van der Waals surface area contributed by atoms with Crippen LogP contribution in [0.15, 0.2) is 54.6 Å². The second-order valence-electron chi connectivity index (χ2n) is 4.43. The van der Waals surface area contributed by atoms with Gasteiger partial charge in [-0.25, -0.2) is 0 Å². The highest BCUT2D eigenvalue weighted by Crippen LogP contribution is 2.20. The van der Waals surface area contributed by atoms with E-state index in [2.05, 4.69) is 12.1 Å². The van der Waals surface area contributed by atoms with E-state index in [9.17, 15) is 0 Å². The van der Waals surface area contributed by atoms with E-state index < -0.39 is 0 Å². The van der Waals surface area contributed by atoms with E-state index in [1.54, 1.807) is 0 Å². The second kappa shape index (κ2) is 7.17. The van der Waals surface area contributed by atoms with Crippen molar-refractivity contribution in [3.63, 3.8) is 0 Å². The molecule has 2 N–H and O–H groups in total. The number of ether oxygens (including phenoxy) is 1. The van der Waals surface area contributed by atoms with Gasteiger partial charge in [0.15, 0.2) is 0 Å². The average Bonchev–Trinajstić information content (AvgIpc) is 2.46. The summed E-state index contributed by atoms with van der Waals surface area (Å²) in [6, 6.07) is 17.7. The van der Waals surface area contributed by atoms with Crippen molar-refractivity contribution in [2.45, 2.75) is 12.3 Å². The van der Waals surface area contributed by atoms with Crippen molar-refractivity contribution < 1.29 is 4.74 Å². The summed E-state index contributed by atoms with van der Waals surface area (Å²) >= 11 is 5.83. The molecule has 19 heavy (non-hydrogen) atoms. The summed E-state index contributed by atoms with van der Waals surface area (Å²) in [6.45, 7) is 1.28. The number of hydrogen-bond acceptors (Lipinski definition) is 2. The Bertz CT molecular complexity index is 484. The Labute approximate surface area is 119 Å². The molecule has 0 aliphatic heterocycles. The van der Waals surface area contributed by atoms with Crippen LogP contribution in [0, 0.1) is 0 Å². The van der Waals surface area contributed by atoms with Crippen molar-refractivity contribution >= 4 is 11.6 Å². The predicted octanol–water partition coefficient (Wildman–Crippen LogP) is 3.85. The van der Waals surface area contributed by atoms with Crippen molar-refractivity contribution in [3.8, 4) is 5.75 Å². The highest BCUT2D eigenvalue weighted by atomic mass is 35.5. The molecule has 0 aliphatic rings. The van der Waals surface area contributed by atoms with Gasteiger partial charge in [0, 0.05) is 5.02 Å². The first-order valence-electron chi connectivity index (χ1n) is 6.43. The zero-order valence-electron chi connectivity index (χ0n) is 10.8. The molecule has 0 saturated carbocycles. The molecule has 0 heterocycles. The maximum absolute atomic E-state index is 5.83. The summed E-state index contributed by atoms with van der Waals surface area (Å²) in [5.41, 5.74) is 7.10. The number of benzene rings is 2. The Morgan fingerprint density at radius 1 is 1.00 bits per heavy atom. The topological polar surface area (TPSA) is 35.2 Å². The Balaban J connectivity index is 1.85. The lowest BCUT2D eigenvalue weighted by Crippen LogP contribution is -2.15. The highest BCUT2D eigenvalue weighted by molar-refractivity contribution is 6.30. The second-order valence-corrected chi connectivity index (χ2v) is 4.87. The largest absolute Gasteiger partial charge is 0.494 e. The summed E-state index contributed by atoms with van der Waals surface area (Å²) < 4.78 is 5.70. The monoisotopic (exact) mass is 275 g/mol. The predicted molar refractivity (Wildman–Crippen MR) is 79.8 cm³/mol. The fourth-order valence-electron chi connectivity index (χ4n) is 2.00. The first-order chi connectivity index (χ1) is 9.29. The summed E-state index contributed by atoms with van der Waals surface area (Å²) in [7, 11) is 0. The van der Waals surface area contributed by atoms with E-state index in [0.717, 1.165) is 17.2 Å². The van der Waals surface area contributed by atoms with Crippen molar-refractivity contribution in [3.05, 3.63) is 65.2 Å². The van der Waals surface area contributed by atoms with Crippen molar-refractivity contribution in [1.82, 2.24) is 0 Å². The SMILES string of the molecule is NCC(CCOc1ccc(Cl)cc1)c1ccccc1. The van der Waals surface area contributed by atoms with Crippen LogP contribution in [0.25, 0.3) is 0 Å². The molecule has 0 fully saturated rings. The smallest absolute Gasteiger partial charge is 0.119 e. The molecule has 2 nitrogen and oxygen atoms in total. The van der Waals surface area contributed by atoms with Gasteiger partial charge in [-0.05, 0) is 48.7 Å². The molecule has 0 bridgehead atoms. The highest BCUT2D eigenvalue weighted by Gasteiger charge is 2.09. The van der Waals surface area contributed by atoms with Crippen LogP contribution in [-0.4, -0.2) is 13.2 Å². The minimum absolute atomic E-state index is 0.341. The Hall–Kier alpha value is -1.51. The molecule has 2 aromatic carbocycles. The quantitative estimate of drug-likeness (QED) is 0.869. The van der Waals surface area contributed by atoms with Gasteiger partial charge in [0.05, 0.1) is 6.61 Å². The number of halogens is 1. The molecule has 0 aliphatic carbocycles. The molecular formula is C16H18ClNO. The maximum Gasteiger partial charge on any atom is 0.119 e. The first kappa shape index (κ1) is 13.9. The van der Waals surface area contributed by atoms with E-state index in [0.29, 0.717) is 19.1 Å². The number of hydrogen-bond donors (Lipinski definition) is 1. The lowest BCUT2D eigenvalue weighted by molar-refractivity contribution is 0.298. The number of nitrogens with two attached hydrogens (primary N) is 1. The van der Waals surface area contributed by atoms with Gasteiger partial charge in [-0.2, -0.15) is 0 Å². The Kier molecular flexibility index (Phi) is 5.25. The van der Waals surface area contributed by atoms with Crippen LogP contribution in [0.4, 0.5) is 0 Å². The van der Waals surface area contributed by atoms with Crippen LogP contribution in [-0.2, 0) is 0 Å². The molecule has 0 spiro atoms. The van der Waals surface area contributed by atoms with Crippen LogP contribution >= 0.6 is 11.6 Å². The third-order valence-electron chi connectivity index (χ3n) is 3.10. The van der Waals surface area contributed by atoms with Gasteiger partial charge >= 0.3 is 0 Å². The van der Waals surface area contributed by atoms with Gasteiger partial charge in [-0.15, -0.1) is 0 Å². The third-order valence-corrected chi connectivity index (χ3v) is 3.36. The minimum atomic E-state index is 0.341. The molecule has 1 unspecified atom stereocenters. The molecule has 1 atom stereocenters. The van der Waals surface area contributed by atoms with Gasteiger partial charge in [-0.3, -0.25) is 0 Å². The van der Waals surface area contributed by atoms with Gasteiger partial charge < -0.3 is 10.5 Å². The number of rotatable bonds is 6. The van der Waals surface area contributed by atoms with E-state index in [1.165, 1.54) is 5.56 Å². The van der Waals surface area contributed by atoms with Crippen LogP contribution < -0.4 is 10.5 Å². The van der Waals surface area contributed by atoms with Crippen molar-refractivity contribution in [2.75, 3.05) is 13.2 Å². The van der Waals surface area contributed by atoms with Crippen LogP contribution in [0.3, 0.4) is 0 Å². The molecule has 100 valence electrons. The van der Waals surface area contributed by atoms with Crippen LogP contribution in [0.2, 0.25) is 5.02 Å². The zero-order valence-corrected chi connectivity index (χ0v) is 11.5. The first-order valence-corrected chi connectivity index (χ1v) is 6.81. The Morgan fingerprint density at radius 3 is 2.32 bits per heavy atom. The van der Waals surface area contributed by atoms with E-state index in [1.807, 2.05) is 42.5 Å². The lowest BCUT2D eigenvalue weighted by Gasteiger charge is -2.15. The third kappa shape index (κ3) is 4.27. The fraction of sp³-hybridized carbons (Fsp3) is 0.250. The van der Waals surface area contributed by atoms with Crippen molar-refractivity contribution in [1.29, 1.82) is 0 Å². The molecule has 0 saturated heterocycles. The fourth-order valence-corrected chi connectivity index (χ4v) is 2.12. The van der Waals surface area contributed by atoms with Crippen LogP contribution in [0.1, 0.15) is 17.9 Å². The van der Waals surface area contributed by atoms with E-state index in [-0.39, 0.29) is 0 Å². The molecule has 2 rings (SSSR count). The standard InChI is InChI=1S/C16H18ClNO/c17-15-6-8-16(9-7-15)19-11-10-14(12-18)13-4-2-1-3-5-13/h1-9,14H,10-12,18H2. The van der Waals surface area contributed by atoms with Gasteiger partial charge in [0.2, 0.25) is 0 Å². The Morgan fingerprint density at radius 2 is 1.68 bits per heavy atom. The molecule has 0 amide bonds. The van der Waals surface area contributed by atoms with E-state index in [4.69, 9.17) is 22.1 Å². The van der Waals surface area contributed by atoms with Gasteiger partial charge in [0.25, 0.3) is 0 Å². The van der Waals surface area contributed by atoms with Gasteiger partial charge in [0.1, 0.15) is 5.75 Å². The summed E-state index contributed by atoms with van der Waals surface area (Å²) in [6.07, 6.45) is 0.906. The van der Waals surface area contributed by atoms with Crippen molar-refractivity contribution in [2.24, 2.45) is 5.73 Å². The summed E-state index contributed by atoms with van der Waals surface area (Å²) in [4.78, 5) is 0. The molecule has 3 heteroatoms. The molecule has 2 aromatic rings. The van der Waals surface area contributed by atoms with Crippen LogP contribution in [0.5, 0.6) is 5.75 Å². The van der Waals surface area contributed by atoms with Gasteiger partial charge in [-0.1, -0.05) is 41.9 Å².